The van der Waals surface area contributed by atoms with Gasteiger partial charge in [0.25, 0.3) is 0 Å². The Balaban J connectivity index is 2.20. The number of halogens is 1. The first-order valence-corrected chi connectivity index (χ1v) is 7.91. The van der Waals surface area contributed by atoms with E-state index in [2.05, 4.69) is 0 Å². The molecule has 0 aromatic heterocycles. The van der Waals surface area contributed by atoms with Crippen LogP contribution in [0.1, 0.15) is 23.2 Å². The highest BCUT2D eigenvalue weighted by Crippen LogP contribution is 2.22. The topological polar surface area (TPSA) is 95.7 Å². The van der Waals surface area contributed by atoms with Crippen LogP contribution in [-0.4, -0.2) is 33.7 Å². The molecule has 1 aliphatic heterocycles. The molecule has 1 aliphatic rings. The fraction of sp³-hybridized carbons (Fsp3) is 0.417. The van der Waals surface area contributed by atoms with Crippen molar-refractivity contribution < 1.29 is 22.7 Å². The highest BCUT2D eigenvalue weighted by molar-refractivity contribution is 7.89. The predicted octanol–water partition coefficient (Wildman–Crippen LogP) is 1.32. The Morgan fingerprint density at radius 2 is 2.00 bits per heavy atom. The molecule has 0 aliphatic carbocycles. The van der Waals surface area contributed by atoms with Gasteiger partial charge in [-0.1, -0.05) is 11.6 Å². The number of carbonyl (C=O) groups excluding carboxylic acids is 1. The molecular formula is C12H14ClNO5S. The van der Waals surface area contributed by atoms with E-state index in [1.807, 2.05) is 0 Å². The molecule has 1 fully saturated rings. The zero-order valence-corrected chi connectivity index (χ0v) is 12.1. The van der Waals surface area contributed by atoms with Crippen molar-refractivity contribution in [2.75, 3.05) is 13.2 Å². The van der Waals surface area contributed by atoms with Crippen LogP contribution in [0.5, 0.6) is 0 Å². The van der Waals surface area contributed by atoms with Crippen molar-refractivity contribution >= 4 is 27.6 Å². The molecule has 2 N–H and O–H groups in total. The molecule has 2 rings (SSSR count). The number of nitrogens with two attached hydrogens (primary N) is 1. The van der Waals surface area contributed by atoms with Crippen LogP contribution in [0.2, 0.25) is 5.02 Å². The molecule has 0 spiro atoms. The zero-order valence-electron chi connectivity index (χ0n) is 10.5. The second kappa shape index (κ2) is 6.09. The van der Waals surface area contributed by atoms with Gasteiger partial charge in [0.2, 0.25) is 10.0 Å². The maximum absolute atomic E-state index is 12.0. The molecule has 1 aromatic carbocycles. The minimum Gasteiger partial charge on any atom is -0.459 e. The predicted molar refractivity (Wildman–Crippen MR) is 72.1 cm³/mol. The summed E-state index contributed by atoms with van der Waals surface area (Å²) in [7, 11) is -3.90. The second-order valence-corrected chi connectivity index (χ2v) is 6.37. The third-order valence-corrected chi connectivity index (χ3v) is 4.17. The van der Waals surface area contributed by atoms with Gasteiger partial charge in [0.15, 0.2) is 0 Å². The van der Waals surface area contributed by atoms with Crippen molar-refractivity contribution in [2.24, 2.45) is 5.14 Å². The highest BCUT2D eigenvalue weighted by atomic mass is 35.5. The van der Waals surface area contributed by atoms with E-state index in [1.165, 1.54) is 12.1 Å². The van der Waals surface area contributed by atoms with Gasteiger partial charge < -0.3 is 9.47 Å². The molecule has 0 amide bonds. The largest absolute Gasteiger partial charge is 0.459 e. The number of hydrogen-bond donors (Lipinski definition) is 1. The molecule has 0 radical (unpaired) electrons. The summed E-state index contributed by atoms with van der Waals surface area (Å²) in [5, 5.41) is 5.14. The van der Waals surface area contributed by atoms with Crippen LogP contribution in [-0.2, 0) is 19.5 Å². The van der Waals surface area contributed by atoms with Gasteiger partial charge in [0, 0.05) is 12.8 Å². The first-order chi connectivity index (χ1) is 9.38. The van der Waals surface area contributed by atoms with Crippen molar-refractivity contribution in [3.8, 4) is 0 Å². The van der Waals surface area contributed by atoms with E-state index in [0.29, 0.717) is 26.1 Å². The summed E-state index contributed by atoms with van der Waals surface area (Å²) in [5.74, 6) is -0.660. The third-order valence-electron chi connectivity index (χ3n) is 2.93. The van der Waals surface area contributed by atoms with E-state index < -0.39 is 16.0 Å². The number of rotatable bonds is 3. The number of benzene rings is 1. The van der Waals surface area contributed by atoms with Crippen LogP contribution in [0.3, 0.4) is 0 Å². The van der Waals surface area contributed by atoms with E-state index in [1.54, 1.807) is 0 Å². The maximum Gasteiger partial charge on any atom is 0.339 e. The van der Waals surface area contributed by atoms with Crippen molar-refractivity contribution in [3.05, 3.63) is 28.8 Å². The normalized spacial score (nSPS) is 16.9. The number of esters is 1. The number of carbonyl (C=O) groups is 1. The lowest BCUT2D eigenvalue weighted by Gasteiger charge is -2.22. The number of sulfonamides is 1. The first kappa shape index (κ1) is 15.2. The minimum absolute atomic E-state index is 0.00955. The molecule has 1 heterocycles. The monoisotopic (exact) mass is 319 g/mol. The van der Waals surface area contributed by atoms with Gasteiger partial charge in [-0.3, -0.25) is 0 Å². The zero-order chi connectivity index (χ0) is 14.8. The Bertz CT molecular complexity index is 610. The summed E-state index contributed by atoms with van der Waals surface area (Å²) < 4.78 is 33.0. The lowest BCUT2D eigenvalue weighted by molar-refractivity contribution is -0.0159. The molecule has 0 bridgehead atoms. The fourth-order valence-electron chi connectivity index (χ4n) is 1.85. The van der Waals surface area contributed by atoms with Gasteiger partial charge in [-0.2, -0.15) is 0 Å². The average Bonchev–Trinajstić information content (AvgIpc) is 2.39. The lowest BCUT2D eigenvalue weighted by atomic mass is 10.1. The quantitative estimate of drug-likeness (QED) is 0.848. The summed E-state index contributed by atoms with van der Waals surface area (Å²) in [6, 6.07) is 3.67. The van der Waals surface area contributed by atoms with Crippen LogP contribution >= 0.6 is 11.6 Å². The van der Waals surface area contributed by atoms with E-state index in [-0.39, 0.29) is 21.6 Å². The Labute approximate surface area is 121 Å². The van der Waals surface area contributed by atoms with E-state index in [0.717, 1.165) is 6.07 Å². The minimum atomic E-state index is -3.90. The van der Waals surface area contributed by atoms with Crippen LogP contribution in [0.4, 0.5) is 0 Å². The standard InChI is InChI=1S/C12H14ClNO5S/c13-11-2-1-9(20(14,16)17)7-10(11)12(15)19-8-3-5-18-6-4-8/h1-2,7-8H,3-6H2,(H2,14,16,17). The molecule has 20 heavy (non-hydrogen) atoms. The number of hydrogen-bond acceptors (Lipinski definition) is 5. The van der Waals surface area contributed by atoms with E-state index in [9.17, 15) is 13.2 Å². The van der Waals surface area contributed by atoms with Crippen molar-refractivity contribution in [2.45, 2.75) is 23.8 Å². The Hall–Kier alpha value is -1.15. The molecule has 110 valence electrons. The fourth-order valence-corrected chi connectivity index (χ4v) is 2.58. The first-order valence-electron chi connectivity index (χ1n) is 5.99. The summed E-state index contributed by atoms with van der Waals surface area (Å²) in [6.45, 7) is 1.06. The Morgan fingerprint density at radius 3 is 2.60 bits per heavy atom. The van der Waals surface area contributed by atoms with Crippen molar-refractivity contribution in [1.82, 2.24) is 0 Å². The molecule has 0 atom stereocenters. The van der Waals surface area contributed by atoms with E-state index in [4.69, 9.17) is 26.2 Å². The molecule has 8 heteroatoms. The van der Waals surface area contributed by atoms with Crippen LogP contribution in [0.25, 0.3) is 0 Å². The molecule has 6 nitrogen and oxygen atoms in total. The van der Waals surface area contributed by atoms with Gasteiger partial charge in [-0.15, -0.1) is 0 Å². The average molecular weight is 320 g/mol. The SMILES string of the molecule is NS(=O)(=O)c1ccc(Cl)c(C(=O)OC2CCOCC2)c1. The van der Waals surface area contributed by atoms with Gasteiger partial charge in [0.1, 0.15) is 6.10 Å². The Kier molecular flexibility index (Phi) is 4.64. The smallest absolute Gasteiger partial charge is 0.339 e. The molecule has 1 saturated heterocycles. The van der Waals surface area contributed by atoms with Crippen molar-refractivity contribution in [1.29, 1.82) is 0 Å². The van der Waals surface area contributed by atoms with Gasteiger partial charge >= 0.3 is 5.97 Å². The van der Waals surface area contributed by atoms with Crippen LogP contribution in [0.15, 0.2) is 23.1 Å². The summed E-state index contributed by atoms with van der Waals surface area (Å²) >= 11 is 5.90. The molecule has 0 saturated carbocycles. The number of ether oxygens (including phenoxy) is 2. The Morgan fingerprint density at radius 1 is 1.35 bits per heavy atom. The summed E-state index contributed by atoms with van der Waals surface area (Å²) in [4.78, 5) is 11.8. The van der Waals surface area contributed by atoms with Crippen LogP contribution in [0, 0.1) is 0 Å². The number of primary sulfonamides is 1. The molecule has 0 unspecified atom stereocenters. The van der Waals surface area contributed by atoms with E-state index >= 15 is 0 Å². The molecule has 1 aromatic rings. The van der Waals surface area contributed by atoms with Gasteiger partial charge in [-0.05, 0) is 18.2 Å². The molecular weight excluding hydrogens is 306 g/mol. The highest BCUT2D eigenvalue weighted by Gasteiger charge is 2.22. The third kappa shape index (κ3) is 3.69. The lowest BCUT2D eigenvalue weighted by Crippen LogP contribution is -2.26. The van der Waals surface area contributed by atoms with Gasteiger partial charge in [0.05, 0.1) is 28.7 Å². The van der Waals surface area contributed by atoms with Crippen molar-refractivity contribution in [3.63, 3.8) is 0 Å². The maximum atomic E-state index is 12.0. The summed E-state index contributed by atoms with van der Waals surface area (Å²) in [6.07, 6.45) is 0.974. The van der Waals surface area contributed by atoms with Crippen LogP contribution < -0.4 is 5.14 Å². The van der Waals surface area contributed by atoms with Gasteiger partial charge in [-0.25, -0.2) is 18.4 Å². The second-order valence-electron chi connectivity index (χ2n) is 4.40. The summed E-state index contributed by atoms with van der Waals surface area (Å²) in [5.41, 5.74) is -0.00955.